The second kappa shape index (κ2) is 4.75. The lowest BCUT2D eigenvalue weighted by Crippen LogP contribution is -2.55. The third kappa shape index (κ3) is 2.26. The van der Waals surface area contributed by atoms with Gasteiger partial charge in [0.2, 0.25) is 11.9 Å². The van der Waals surface area contributed by atoms with Crippen LogP contribution >= 0.6 is 11.6 Å². The van der Waals surface area contributed by atoms with Crippen molar-refractivity contribution in [3.8, 4) is 0 Å². The van der Waals surface area contributed by atoms with Crippen LogP contribution in [0, 0.1) is 0 Å². The van der Waals surface area contributed by atoms with Crippen LogP contribution in [0.4, 0.5) is 11.8 Å². The summed E-state index contributed by atoms with van der Waals surface area (Å²) in [4.78, 5) is 21.5. The maximum atomic E-state index is 11.7. The van der Waals surface area contributed by atoms with Gasteiger partial charge in [0.15, 0.2) is 5.82 Å². The van der Waals surface area contributed by atoms with Gasteiger partial charge in [-0.3, -0.25) is 4.79 Å². The molecule has 2 rings (SSSR count). The first-order chi connectivity index (χ1) is 8.13. The number of nitrogens with zero attached hydrogens (tertiary/aromatic N) is 3. The number of aromatic nitrogens is 2. The summed E-state index contributed by atoms with van der Waals surface area (Å²) in [6, 6.07) is -0.254. The van der Waals surface area contributed by atoms with Gasteiger partial charge in [-0.05, 0) is 6.42 Å². The smallest absolute Gasteiger partial charge is 0.242 e. The number of nitrogens with two attached hydrogens (primary N) is 1. The summed E-state index contributed by atoms with van der Waals surface area (Å²) in [6.07, 6.45) is 2.14. The first-order valence-electron chi connectivity index (χ1n) is 5.46. The molecule has 1 amide bonds. The Kier molecular flexibility index (Phi) is 3.33. The van der Waals surface area contributed by atoms with E-state index in [-0.39, 0.29) is 17.9 Å². The Labute approximate surface area is 104 Å². The van der Waals surface area contributed by atoms with E-state index in [0.717, 1.165) is 0 Å². The number of carbonyl (C=O) groups is 1. The first-order valence-corrected chi connectivity index (χ1v) is 5.83. The molecule has 6 nitrogen and oxygen atoms in total. The van der Waals surface area contributed by atoms with E-state index in [1.54, 1.807) is 0 Å². The predicted molar refractivity (Wildman–Crippen MR) is 65.9 cm³/mol. The highest BCUT2D eigenvalue weighted by molar-refractivity contribution is 6.32. The fraction of sp³-hybridized carbons (Fsp3) is 0.500. The number of halogens is 1. The lowest BCUT2D eigenvalue weighted by molar-refractivity contribution is -0.123. The Morgan fingerprint density at radius 1 is 1.71 bits per heavy atom. The van der Waals surface area contributed by atoms with Crippen molar-refractivity contribution in [2.45, 2.75) is 19.4 Å². The lowest BCUT2D eigenvalue weighted by atomic mass is 10.1. The Morgan fingerprint density at radius 3 is 3.18 bits per heavy atom. The minimum absolute atomic E-state index is 0.00741. The molecule has 0 saturated carbocycles. The number of carbonyl (C=O) groups excluding carboxylic acids is 1. The van der Waals surface area contributed by atoms with Crippen molar-refractivity contribution in [3.05, 3.63) is 11.2 Å². The normalized spacial score (nSPS) is 20.2. The molecule has 1 saturated heterocycles. The van der Waals surface area contributed by atoms with Crippen LogP contribution < -0.4 is 16.0 Å². The van der Waals surface area contributed by atoms with Crippen LogP contribution in [0.1, 0.15) is 13.3 Å². The second-order valence-corrected chi connectivity index (χ2v) is 4.22. The van der Waals surface area contributed by atoms with Crippen LogP contribution in [0.3, 0.4) is 0 Å². The van der Waals surface area contributed by atoms with Crippen LogP contribution in [0.25, 0.3) is 0 Å². The molecular weight excluding hydrogens is 242 g/mol. The minimum atomic E-state index is -0.254. The molecule has 17 heavy (non-hydrogen) atoms. The summed E-state index contributed by atoms with van der Waals surface area (Å²) in [6.45, 7) is 3.19. The molecule has 1 aliphatic heterocycles. The molecule has 0 aliphatic carbocycles. The summed E-state index contributed by atoms with van der Waals surface area (Å²) in [7, 11) is 0. The van der Waals surface area contributed by atoms with E-state index in [4.69, 9.17) is 17.3 Å². The Hall–Kier alpha value is -1.56. The average Bonchev–Trinajstić information content (AvgIpc) is 2.32. The predicted octanol–water partition coefficient (Wildman–Crippen LogP) is 0.427. The van der Waals surface area contributed by atoms with Gasteiger partial charge in [-0.15, -0.1) is 0 Å². The maximum Gasteiger partial charge on any atom is 0.242 e. The van der Waals surface area contributed by atoms with E-state index in [9.17, 15) is 4.79 Å². The summed E-state index contributed by atoms with van der Waals surface area (Å²) in [5.74, 6) is 0.679. The molecule has 3 N–H and O–H groups in total. The molecule has 0 spiro atoms. The highest BCUT2D eigenvalue weighted by Gasteiger charge is 2.30. The van der Waals surface area contributed by atoms with Gasteiger partial charge < -0.3 is 16.0 Å². The number of anilines is 2. The van der Waals surface area contributed by atoms with Crippen molar-refractivity contribution in [1.29, 1.82) is 0 Å². The highest BCUT2D eigenvalue weighted by atomic mass is 35.5. The second-order valence-electron chi connectivity index (χ2n) is 3.81. The molecule has 2 heterocycles. The van der Waals surface area contributed by atoms with Crippen LogP contribution in [-0.2, 0) is 4.79 Å². The monoisotopic (exact) mass is 255 g/mol. The summed E-state index contributed by atoms with van der Waals surface area (Å²) in [5.41, 5.74) is 5.55. The van der Waals surface area contributed by atoms with Crippen molar-refractivity contribution in [2.75, 3.05) is 23.7 Å². The maximum absolute atomic E-state index is 11.7. The van der Waals surface area contributed by atoms with Gasteiger partial charge in [0.05, 0.1) is 6.20 Å². The molecule has 1 aliphatic rings. The summed E-state index contributed by atoms with van der Waals surface area (Å²) >= 11 is 6.05. The van der Waals surface area contributed by atoms with Gasteiger partial charge in [-0.1, -0.05) is 18.5 Å². The van der Waals surface area contributed by atoms with Crippen molar-refractivity contribution in [3.63, 3.8) is 0 Å². The van der Waals surface area contributed by atoms with E-state index >= 15 is 0 Å². The molecule has 0 bridgehead atoms. The number of nitrogen functional groups attached to an aromatic ring is 1. The Morgan fingerprint density at radius 2 is 2.47 bits per heavy atom. The SMILES string of the molecule is CCC1C(=O)NCCN1c1nc(N)ncc1Cl. The number of piperazine rings is 1. The van der Waals surface area contributed by atoms with Crippen LogP contribution in [0.15, 0.2) is 6.20 Å². The third-order valence-corrected chi connectivity index (χ3v) is 3.00. The Balaban J connectivity index is 2.36. The van der Waals surface area contributed by atoms with Gasteiger partial charge in [0.1, 0.15) is 11.1 Å². The van der Waals surface area contributed by atoms with Gasteiger partial charge in [-0.2, -0.15) is 4.98 Å². The van der Waals surface area contributed by atoms with Crippen molar-refractivity contribution in [1.82, 2.24) is 15.3 Å². The highest BCUT2D eigenvalue weighted by Crippen LogP contribution is 2.26. The molecule has 0 radical (unpaired) electrons. The van der Waals surface area contributed by atoms with E-state index in [2.05, 4.69) is 15.3 Å². The zero-order valence-corrected chi connectivity index (χ0v) is 10.2. The largest absolute Gasteiger partial charge is 0.368 e. The quantitative estimate of drug-likeness (QED) is 0.801. The number of rotatable bonds is 2. The van der Waals surface area contributed by atoms with Crippen molar-refractivity contribution >= 4 is 29.3 Å². The fourth-order valence-corrected chi connectivity index (χ4v) is 2.15. The molecule has 1 unspecified atom stereocenters. The van der Waals surface area contributed by atoms with Gasteiger partial charge >= 0.3 is 0 Å². The minimum Gasteiger partial charge on any atom is -0.368 e. The molecule has 1 fully saturated rings. The van der Waals surface area contributed by atoms with E-state index in [0.29, 0.717) is 30.4 Å². The van der Waals surface area contributed by atoms with Gasteiger partial charge in [-0.25, -0.2) is 4.98 Å². The van der Waals surface area contributed by atoms with E-state index in [1.807, 2.05) is 11.8 Å². The zero-order valence-electron chi connectivity index (χ0n) is 9.48. The molecule has 1 aromatic heterocycles. The first kappa shape index (κ1) is 11.9. The molecule has 1 aromatic rings. The van der Waals surface area contributed by atoms with Crippen LogP contribution in [0.2, 0.25) is 5.02 Å². The van der Waals surface area contributed by atoms with Crippen LogP contribution in [0.5, 0.6) is 0 Å². The molecule has 92 valence electrons. The van der Waals surface area contributed by atoms with Gasteiger partial charge in [0.25, 0.3) is 0 Å². The third-order valence-electron chi connectivity index (χ3n) is 2.73. The molecule has 0 aromatic carbocycles. The number of amides is 1. The summed E-state index contributed by atoms with van der Waals surface area (Å²) < 4.78 is 0. The topological polar surface area (TPSA) is 84.1 Å². The zero-order chi connectivity index (χ0) is 12.4. The lowest BCUT2D eigenvalue weighted by Gasteiger charge is -2.35. The number of hydrogen-bond acceptors (Lipinski definition) is 5. The van der Waals surface area contributed by atoms with E-state index in [1.165, 1.54) is 6.20 Å². The van der Waals surface area contributed by atoms with Gasteiger partial charge in [0, 0.05) is 13.1 Å². The standard InChI is InChI=1S/C10H14ClN5O/c1-2-7-9(17)13-3-4-16(7)8-6(11)5-14-10(12)15-8/h5,7H,2-4H2,1H3,(H,13,17)(H2,12,14,15). The van der Waals surface area contributed by atoms with Crippen molar-refractivity contribution in [2.24, 2.45) is 0 Å². The van der Waals surface area contributed by atoms with Crippen LogP contribution in [-0.4, -0.2) is 35.0 Å². The molecule has 7 heteroatoms. The number of hydrogen-bond donors (Lipinski definition) is 2. The molecule has 1 atom stereocenters. The Bertz CT molecular complexity index is 439. The number of nitrogens with one attached hydrogen (secondary N) is 1. The van der Waals surface area contributed by atoms with E-state index < -0.39 is 0 Å². The molecular formula is C10H14ClN5O. The summed E-state index contributed by atoms with van der Waals surface area (Å²) in [5, 5.41) is 3.23. The fourth-order valence-electron chi connectivity index (χ4n) is 1.95. The van der Waals surface area contributed by atoms with Crippen molar-refractivity contribution < 1.29 is 4.79 Å². The average molecular weight is 256 g/mol.